The summed E-state index contributed by atoms with van der Waals surface area (Å²) in [5, 5.41) is 5.70. The van der Waals surface area contributed by atoms with Crippen molar-refractivity contribution < 1.29 is 22.3 Å². The zero-order chi connectivity index (χ0) is 22.0. The summed E-state index contributed by atoms with van der Waals surface area (Å²) >= 11 is 0. The summed E-state index contributed by atoms with van der Waals surface area (Å²) in [6, 6.07) is 9.53. The van der Waals surface area contributed by atoms with Crippen LogP contribution in [0, 0.1) is 12.4 Å². The Morgan fingerprint density at radius 3 is 2.74 bits per heavy atom. The third-order valence-corrected chi connectivity index (χ3v) is 6.61. The van der Waals surface area contributed by atoms with Crippen LogP contribution in [0.4, 0.5) is 15.8 Å². The van der Waals surface area contributed by atoms with E-state index in [-0.39, 0.29) is 29.9 Å². The lowest BCUT2D eigenvalue weighted by Gasteiger charge is -2.34. The van der Waals surface area contributed by atoms with Crippen LogP contribution in [-0.4, -0.2) is 27.0 Å². The van der Waals surface area contributed by atoms with E-state index < -0.39 is 15.8 Å². The highest BCUT2D eigenvalue weighted by molar-refractivity contribution is 7.92. The molecule has 7 nitrogen and oxygen atoms in total. The van der Waals surface area contributed by atoms with Crippen LogP contribution in [0.3, 0.4) is 0 Å². The van der Waals surface area contributed by atoms with Crippen molar-refractivity contribution in [3.63, 3.8) is 0 Å². The Kier molecular flexibility index (Phi) is 5.69. The molecule has 2 heterocycles. The van der Waals surface area contributed by atoms with Gasteiger partial charge < -0.3 is 15.4 Å². The molecule has 0 saturated heterocycles. The lowest BCUT2D eigenvalue weighted by molar-refractivity contribution is -0.115. The maximum atomic E-state index is 13.3. The highest BCUT2D eigenvalue weighted by Crippen LogP contribution is 2.39. The van der Waals surface area contributed by atoms with E-state index in [1.54, 1.807) is 50.0 Å². The molecule has 0 saturated carbocycles. The molecule has 1 atom stereocenters. The third-order valence-electron chi connectivity index (χ3n) is 4.82. The van der Waals surface area contributed by atoms with Gasteiger partial charge in [-0.2, -0.15) is 0 Å². The Hall–Kier alpha value is -3.33. The molecule has 4 rings (SSSR count). The number of anilines is 2. The van der Waals surface area contributed by atoms with Crippen LogP contribution in [0.1, 0.15) is 13.3 Å². The number of fused-ring (bicyclic) bond motifs is 1. The molecule has 0 bridgehead atoms. The Morgan fingerprint density at radius 1 is 1.26 bits per heavy atom. The summed E-state index contributed by atoms with van der Waals surface area (Å²) in [5.74, 6) is -0.360. The molecule has 0 unspecified atom stereocenters. The first-order chi connectivity index (χ1) is 14.8. The van der Waals surface area contributed by atoms with Crippen LogP contribution >= 0.6 is 0 Å². The number of rotatable bonds is 5. The Bertz CT molecular complexity index is 1160. The Morgan fingerprint density at radius 2 is 2.03 bits per heavy atom. The summed E-state index contributed by atoms with van der Waals surface area (Å²) in [6.45, 7) is 3.59. The zero-order valence-electron chi connectivity index (χ0n) is 16.7. The largest absolute Gasteiger partial charge is 0.487 e. The number of benzene rings is 2. The van der Waals surface area contributed by atoms with Gasteiger partial charge in [0, 0.05) is 5.69 Å². The highest BCUT2D eigenvalue weighted by Gasteiger charge is 2.33. The maximum absolute atomic E-state index is 13.3. The number of sulfonamides is 1. The van der Waals surface area contributed by atoms with Gasteiger partial charge in [-0.1, -0.05) is 6.08 Å². The second-order valence-corrected chi connectivity index (χ2v) is 9.10. The van der Waals surface area contributed by atoms with E-state index in [0.717, 1.165) is 17.7 Å². The predicted molar refractivity (Wildman–Crippen MR) is 115 cm³/mol. The first-order valence-corrected chi connectivity index (χ1v) is 11.1. The van der Waals surface area contributed by atoms with Gasteiger partial charge in [-0.3, -0.25) is 9.10 Å². The van der Waals surface area contributed by atoms with Crippen LogP contribution in [0.15, 0.2) is 71.3 Å². The summed E-state index contributed by atoms with van der Waals surface area (Å²) in [7, 11) is -3.95. The number of nitrogens with zero attached hydrogens (tertiary/aromatic N) is 1. The van der Waals surface area contributed by atoms with Crippen LogP contribution in [0.5, 0.6) is 5.75 Å². The van der Waals surface area contributed by atoms with E-state index in [2.05, 4.69) is 10.6 Å². The lowest BCUT2D eigenvalue weighted by Crippen LogP contribution is -2.42. The van der Waals surface area contributed by atoms with Gasteiger partial charge in [-0.25, -0.2) is 12.8 Å². The molecule has 2 aromatic rings. The Balaban J connectivity index is 1.61. The van der Waals surface area contributed by atoms with Gasteiger partial charge in [0.05, 0.1) is 30.1 Å². The number of hydrogen-bond acceptors (Lipinski definition) is 5. The van der Waals surface area contributed by atoms with E-state index in [1.165, 1.54) is 16.4 Å². The van der Waals surface area contributed by atoms with Crippen LogP contribution in [0.25, 0.3) is 0 Å². The molecule has 31 heavy (non-hydrogen) atoms. The molecule has 1 amide bonds. The summed E-state index contributed by atoms with van der Waals surface area (Å²) in [6.07, 6.45) is 5.14. The number of carbonyl (C=O) groups excluding carboxylic acids is 1. The zero-order valence-corrected chi connectivity index (χ0v) is 17.5. The van der Waals surface area contributed by atoms with E-state index in [1.807, 2.05) is 0 Å². The number of allylic oxidation sites excluding steroid dienone is 1. The number of halogens is 1. The topological polar surface area (TPSA) is 87.7 Å². The number of hydrogen-bond donors (Lipinski definition) is 2. The minimum Gasteiger partial charge on any atom is -0.487 e. The van der Waals surface area contributed by atoms with Gasteiger partial charge in [0.1, 0.15) is 17.7 Å². The number of ether oxygens (including phenoxy) is 1. The van der Waals surface area contributed by atoms with Gasteiger partial charge in [-0.05, 0) is 67.2 Å². The van der Waals surface area contributed by atoms with Gasteiger partial charge in [0.2, 0.25) is 5.91 Å². The Labute approximate surface area is 180 Å². The van der Waals surface area contributed by atoms with Crippen molar-refractivity contribution in [2.45, 2.75) is 24.3 Å². The van der Waals surface area contributed by atoms with Crippen LogP contribution in [0.2, 0.25) is 0 Å². The quantitative estimate of drug-likeness (QED) is 0.742. The predicted octanol–water partition coefficient (Wildman–Crippen LogP) is 3.34. The molecular formula is C22H21FN3O4S. The second-order valence-electron chi connectivity index (χ2n) is 7.23. The van der Waals surface area contributed by atoms with E-state index in [9.17, 15) is 17.6 Å². The summed E-state index contributed by atoms with van der Waals surface area (Å²) in [5.41, 5.74) is 1.60. The fourth-order valence-electron chi connectivity index (χ4n) is 3.37. The van der Waals surface area contributed by atoms with Crippen molar-refractivity contribution in [2.75, 3.05) is 16.2 Å². The van der Waals surface area contributed by atoms with Crippen LogP contribution in [-0.2, 0) is 14.8 Å². The first-order valence-electron chi connectivity index (χ1n) is 9.67. The van der Waals surface area contributed by atoms with Crippen molar-refractivity contribution in [3.8, 4) is 5.75 Å². The molecule has 2 N–H and O–H groups in total. The SMILES string of the molecule is C[C@H]1CN(S(=O)(=O)c2ccc(F)cc2)c2cc(NC(=O)CC3=C[CH]NC=C3)ccc2O1. The smallest absolute Gasteiger partial charge is 0.264 e. The monoisotopic (exact) mass is 442 g/mol. The average molecular weight is 442 g/mol. The van der Waals surface area contributed by atoms with Crippen molar-refractivity contribution in [1.29, 1.82) is 0 Å². The number of dihydropyridines is 1. The molecule has 2 aliphatic heterocycles. The normalized spacial score (nSPS) is 17.8. The maximum Gasteiger partial charge on any atom is 0.264 e. The highest BCUT2D eigenvalue weighted by atomic mass is 32.2. The van der Waals surface area contributed by atoms with E-state index >= 15 is 0 Å². The van der Waals surface area contributed by atoms with Crippen molar-refractivity contribution >= 4 is 27.3 Å². The van der Waals surface area contributed by atoms with Crippen molar-refractivity contribution in [2.24, 2.45) is 0 Å². The summed E-state index contributed by atoms with van der Waals surface area (Å²) in [4.78, 5) is 12.4. The van der Waals surface area contributed by atoms with Crippen LogP contribution < -0.4 is 19.7 Å². The van der Waals surface area contributed by atoms with Gasteiger partial charge >= 0.3 is 0 Å². The lowest BCUT2D eigenvalue weighted by atomic mass is 10.1. The molecule has 1 radical (unpaired) electrons. The number of carbonyl (C=O) groups is 1. The molecular weight excluding hydrogens is 421 g/mol. The minimum absolute atomic E-state index is 0.0238. The third kappa shape index (κ3) is 4.56. The molecule has 161 valence electrons. The van der Waals surface area contributed by atoms with Crippen molar-refractivity contribution in [3.05, 3.63) is 78.8 Å². The fraction of sp³-hybridized carbons (Fsp3) is 0.182. The van der Waals surface area contributed by atoms with Crippen molar-refractivity contribution in [1.82, 2.24) is 5.32 Å². The molecule has 0 aliphatic carbocycles. The standard InChI is InChI=1S/C22H21FN3O4S/c1-15-14-26(31(28,29)19-5-2-17(23)3-6-19)20-13-18(4-7-21(20)30-15)25-22(27)12-16-8-10-24-11-9-16/h2-11,13,15,24H,12,14H2,1H3,(H,25,27)/t15-/m0/s1. The van der Waals surface area contributed by atoms with Gasteiger partial charge in [0.15, 0.2) is 0 Å². The minimum atomic E-state index is -3.95. The molecule has 2 aliphatic rings. The first kappa shape index (κ1) is 20.9. The molecule has 0 fully saturated rings. The molecule has 2 aromatic carbocycles. The molecule has 0 spiro atoms. The molecule has 0 aromatic heterocycles. The summed E-state index contributed by atoms with van der Waals surface area (Å²) < 4.78 is 46.8. The second kappa shape index (κ2) is 8.43. The van der Waals surface area contributed by atoms with E-state index in [0.29, 0.717) is 17.1 Å². The van der Waals surface area contributed by atoms with Gasteiger partial charge in [-0.15, -0.1) is 0 Å². The fourth-order valence-corrected chi connectivity index (χ4v) is 4.91. The number of nitrogens with one attached hydrogen (secondary N) is 2. The van der Waals surface area contributed by atoms with E-state index in [4.69, 9.17) is 4.74 Å². The average Bonchev–Trinajstić information content (AvgIpc) is 2.74. The van der Waals surface area contributed by atoms with Gasteiger partial charge in [0.25, 0.3) is 10.0 Å². The number of amides is 1. The molecule has 9 heteroatoms.